The molecule has 3 N–H and O–H groups in total. The van der Waals surface area contributed by atoms with E-state index in [4.69, 9.17) is 4.74 Å². The number of ether oxygens (including phenoxy) is 1. The number of aryl methyl sites for hydroxylation is 1. The summed E-state index contributed by atoms with van der Waals surface area (Å²) in [5, 5.41) is 5.23. The first-order chi connectivity index (χ1) is 15.2. The number of aromatic nitrogens is 2. The number of carbonyl (C=O) groups is 1. The number of aromatic amines is 2. The van der Waals surface area contributed by atoms with E-state index in [2.05, 4.69) is 27.4 Å². The Morgan fingerprint density at radius 3 is 2.55 bits per heavy atom. The monoisotopic (exact) mass is 409 g/mol. The van der Waals surface area contributed by atoms with Crippen LogP contribution in [0.4, 0.5) is 5.69 Å². The second-order valence-electron chi connectivity index (χ2n) is 7.55. The van der Waals surface area contributed by atoms with E-state index < -0.39 is 0 Å². The minimum Gasteiger partial charge on any atom is -0.497 e. The van der Waals surface area contributed by atoms with Crippen LogP contribution < -0.4 is 10.1 Å². The third-order valence-corrected chi connectivity index (χ3v) is 5.66. The smallest absolute Gasteiger partial charge is 0.224 e. The molecule has 0 aliphatic rings. The fourth-order valence-corrected chi connectivity index (χ4v) is 4.11. The van der Waals surface area contributed by atoms with Gasteiger partial charge >= 0.3 is 0 Å². The highest BCUT2D eigenvalue weighted by Crippen LogP contribution is 2.32. The summed E-state index contributed by atoms with van der Waals surface area (Å²) in [6.45, 7) is 0. The predicted octanol–water partition coefficient (Wildman–Crippen LogP) is 5.90. The highest BCUT2D eigenvalue weighted by molar-refractivity contribution is 6.01. The first-order valence-corrected chi connectivity index (χ1v) is 10.3. The van der Waals surface area contributed by atoms with Gasteiger partial charge in [0.25, 0.3) is 0 Å². The molecule has 5 rings (SSSR count). The summed E-state index contributed by atoms with van der Waals surface area (Å²) in [4.78, 5) is 19.5. The summed E-state index contributed by atoms with van der Waals surface area (Å²) in [7, 11) is 1.66. The Bertz CT molecular complexity index is 1360. The lowest BCUT2D eigenvalue weighted by atomic mass is 10.0. The molecule has 5 nitrogen and oxygen atoms in total. The van der Waals surface area contributed by atoms with Crippen molar-refractivity contribution < 1.29 is 9.53 Å². The average Bonchev–Trinajstić information content (AvgIpc) is 3.43. The molecule has 2 heterocycles. The molecule has 5 heteroatoms. The van der Waals surface area contributed by atoms with Gasteiger partial charge in [-0.05, 0) is 66.1 Å². The molecular formula is C26H23N3O2. The number of methoxy groups -OCH3 is 1. The zero-order valence-electron chi connectivity index (χ0n) is 17.2. The highest BCUT2D eigenvalue weighted by Gasteiger charge is 2.15. The van der Waals surface area contributed by atoms with Gasteiger partial charge < -0.3 is 20.0 Å². The summed E-state index contributed by atoms with van der Waals surface area (Å²) in [5.41, 5.74) is 6.18. The minimum atomic E-state index is -0.000313. The van der Waals surface area contributed by atoms with Crippen molar-refractivity contribution in [3.8, 4) is 17.0 Å². The number of nitrogens with one attached hydrogen (secondary N) is 3. The van der Waals surface area contributed by atoms with Gasteiger partial charge in [-0.1, -0.05) is 24.3 Å². The van der Waals surface area contributed by atoms with Crippen LogP contribution in [-0.4, -0.2) is 23.0 Å². The molecule has 0 saturated carbocycles. The molecule has 1 amide bonds. The molecule has 0 bridgehead atoms. The summed E-state index contributed by atoms with van der Waals surface area (Å²) in [5.74, 6) is 0.819. The van der Waals surface area contributed by atoms with Gasteiger partial charge in [-0.3, -0.25) is 4.79 Å². The quantitative estimate of drug-likeness (QED) is 0.327. The Kier molecular flexibility index (Phi) is 4.92. The van der Waals surface area contributed by atoms with E-state index in [9.17, 15) is 4.79 Å². The molecule has 0 radical (unpaired) electrons. The summed E-state index contributed by atoms with van der Waals surface area (Å²) in [6.07, 6.45) is 2.92. The van der Waals surface area contributed by atoms with Crippen LogP contribution in [-0.2, 0) is 11.2 Å². The number of anilines is 1. The molecular weight excluding hydrogens is 386 g/mol. The molecule has 0 unspecified atom stereocenters. The van der Waals surface area contributed by atoms with Gasteiger partial charge in [0, 0.05) is 40.1 Å². The van der Waals surface area contributed by atoms with E-state index in [1.807, 2.05) is 66.9 Å². The molecule has 154 valence electrons. The maximum Gasteiger partial charge on any atom is 0.224 e. The zero-order chi connectivity index (χ0) is 21.2. The highest BCUT2D eigenvalue weighted by atomic mass is 16.5. The Hall–Kier alpha value is -3.99. The number of H-pyrrole nitrogens is 2. The van der Waals surface area contributed by atoms with Crippen molar-refractivity contribution in [2.75, 3.05) is 12.4 Å². The van der Waals surface area contributed by atoms with Gasteiger partial charge in [0.1, 0.15) is 5.75 Å². The van der Waals surface area contributed by atoms with Crippen molar-refractivity contribution in [2.24, 2.45) is 0 Å². The number of hydrogen-bond acceptors (Lipinski definition) is 2. The maximum absolute atomic E-state index is 12.8. The van der Waals surface area contributed by atoms with Crippen molar-refractivity contribution in [1.29, 1.82) is 0 Å². The fourth-order valence-electron chi connectivity index (χ4n) is 4.11. The Balaban J connectivity index is 1.41. The van der Waals surface area contributed by atoms with Crippen LogP contribution in [0.15, 0.2) is 79.0 Å². The van der Waals surface area contributed by atoms with Gasteiger partial charge in [-0.2, -0.15) is 0 Å². The summed E-state index contributed by atoms with van der Waals surface area (Å²) >= 11 is 0. The molecule has 0 spiro atoms. The number of rotatable bonds is 6. The van der Waals surface area contributed by atoms with E-state index in [-0.39, 0.29) is 5.91 Å². The number of carbonyl (C=O) groups excluding carboxylic acids is 1. The lowest BCUT2D eigenvalue weighted by molar-refractivity contribution is -0.116. The van der Waals surface area contributed by atoms with Crippen LogP contribution in [0.25, 0.3) is 33.1 Å². The molecule has 0 aliphatic carbocycles. The van der Waals surface area contributed by atoms with Crippen molar-refractivity contribution in [1.82, 2.24) is 9.97 Å². The van der Waals surface area contributed by atoms with Gasteiger partial charge in [0.05, 0.1) is 12.8 Å². The predicted molar refractivity (Wildman–Crippen MR) is 126 cm³/mol. The van der Waals surface area contributed by atoms with Crippen LogP contribution in [0, 0.1) is 0 Å². The Morgan fingerprint density at radius 1 is 0.903 bits per heavy atom. The molecule has 0 aliphatic heterocycles. The second kappa shape index (κ2) is 8.03. The zero-order valence-corrected chi connectivity index (χ0v) is 17.2. The summed E-state index contributed by atoms with van der Waals surface area (Å²) < 4.78 is 5.29. The maximum atomic E-state index is 12.8. The second-order valence-corrected chi connectivity index (χ2v) is 7.55. The van der Waals surface area contributed by atoms with Crippen molar-refractivity contribution in [2.45, 2.75) is 12.8 Å². The van der Waals surface area contributed by atoms with E-state index in [1.54, 1.807) is 7.11 Å². The first kappa shape index (κ1) is 19.0. The SMILES string of the molecule is COc1ccc(-c2[nH]c3ccccc3c2CCC(=O)Nc2cccc3[nH]ccc23)cc1. The molecule has 0 fully saturated rings. The number of benzene rings is 3. The van der Waals surface area contributed by atoms with E-state index >= 15 is 0 Å². The van der Waals surface area contributed by atoms with Crippen molar-refractivity contribution in [3.63, 3.8) is 0 Å². The van der Waals surface area contributed by atoms with Crippen LogP contribution in [0.3, 0.4) is 0 Å². The fraction of sp³-hybridized carbons (Fsp3) is 0.115. The van der Waals surface area contributed by atoms with Gasteiger partial charge in [0.15, 0.2) is 0 Å². The molecule has 3 aromatic carbocycles. The van der Waals surface area contributed by atoms with Gasteiger partial charge in [-0.15, -0.1) is 0 Å². The van der Waals surface area contributed by atoms with Gasteiger partial charge in [-0.25, -0.2) is 0 Å². The molecule has 0 saturated heterocycles. The normalized spacial score (nSPS) is 11.1. The minimum absolute atomic E-state index is 0.000313. The van der Waals surface area contributed by atoms with Crippen molar-refractivity contribution >= 4 is 33.4 Å². The number of amides is 1. The number of para-hydroxylation sites is 1. The third kappa shape index (κ3) is 3.66. The van der Waals surface area contributed by atoms with Crippen LogP contribution in [0.2, 0.25) is 0 Å². The first-order valence-electron chi connectivity index (χ1n) is 10.3. The largest absolute Gasteiger partial charge is 0.497 e. The topological polar surface area (TPSA) is 69.9 Å². The number of fused-ring (bicyclic) bond motifs is 2. The average molecular weight is 409 g/mol. The Morgan fingerprint density at radius 2 is 1.71 bits per heavy atom. The van der Waals surface area contributed by atoms with E-state index in [1.165, 1.54) is 0 Å². The molecule has 5 aromatic rings. The molecule has 2 aromatic heterocycles. The van der Waals surface area contributed by atoms with E-state index in [0.29, 0.717) is 12.8 Å². The molecule has 0 atom stereocenters. The van der Waals surface area contributed by atoms with Crippen LogP contribution in [0.5, 0.6) is 5.75 Å². The lowest BCUT2D eigenvalue weighted by Crippen LogP contribution is -2.12. The van der Waals surface area contributed by atoms with Gasteiger partial charge in [0.2, 0.25) is 5.91 Å². The number of hydrogen-bond donors (Lipinski definition) is 3. The molecule has 31 heavy (non-hydrogen) atoms. The third-order valence-electron chi connectivity index (χ3n) is 5.66. The van der Waals surface area contributed by atoms with E-state index in [0.717, 1.165) is 50.1 Å². The standard InChI is InChI=1S/C26H23N3O2/c1-31-18-11-9-17(10-12-18)26-20(19-5-2-3-6-23(19)29-26)13-14-25(30)28-24-8-4-7-22-21(24)15-16-27-22/h2-12,15-16,27,29H,13-14H2,1H3,(H,28,30). The lowest BCUT2D eigenvalue weighted by Gasteiger charge is -2.09. The Labute approximate surface area is 180 Å². The van der Waals surface area contributed by atoms with Crippen LogP contribution in [0.1, 0.15) is 12.0 Å². The van der Waals surface area contributed by atoms with Crippen molar-refractivity contribution in [3.05, 3.63) is 84.6 Å². The van der Waals surface area contributed by atoms with Crippen LogP contribution >= 0.6 is 0 Å². The summed E-state index contributed by atoms with van der Waals surface area (Å²) in [6, 6.07) is 24.1.